The van der Waals surface area contributed by atoms with E-state index in [1.165, 1.54) is 109 Å². The van der Waals surface area contributed by atoms with E-state index >= 15 is 0 Å². The summed E-state index contributed by atoms with van der Waals surface area (Å²) in [5.41, 5.74) is 7.26. The molecule has 0 aromatic heterocycles. The molecule has 0 aliphatic heterocycles. The van der Waals surface area contributed by atoms with Crippen molar-refractivity contribution in [1.82, 2.24) is 0 Å². The van der Waals surface area contributed by atoms with Crippen LogP contribution in [-0.2, 0) is 94.2 Å². The van der Waals surface area contributed by atoms with Gasteiger partial charge in [0, 0.05) is 78.9 Å². The first-order chi connectivity index (χ1) is 45.6. The van der Waals surface area contributed by atoms with Gasteiger partial charge in [-0.3, -0.25) is 20.0 Å². The second-order valence-electron chi connectivity index (χ2n) is 27.9. The van der Waals surface area contributed by atoms with E-state index in [-0.39, 0.29) is 16.6 Å². The van der Waals surface area contributed by atoms with E-state index in [1.807, 2.05) is 50.5 Å². The van der Waals surface area contributed by atoms with Crippen molar-refractivity contribution in [2.45, 2.75) is 160 Å². The number of aromatic hydroxyl groups is 4. The Morgan fingerprint density at radius 1 is 0.432 bits per heavy atom. The van der Waals surface area contributed by atoms with Crippen LogP contribution < -0.4 is 18.9 Å². The van der Waals surface area contributed by atoms with Gasteiger partial charge in [-0.1, -0.05) is 13.8 Å². The van der Waals surface area contributed by atoms with E-state index in [4.69, 9.17) is 92.0 Å². The van der Waals surface area contributed by atoms with Gasteiger partial charge in [0.05, 0.1) is 34.5 Å². The number of hydrogen-bond donors (Lipinski definition) is 4. The zero-order valence-corrected chi connectivity index (χ0v) is 72.4. The molecule has 12 saturated carbocycles. The molecule has 12 nitrogen and oxygen atoms in total. The van der Waals surface area contributed by atoms with Gasteiger partial charge in [-0.25, -0.2) is 0 Å². The summed E-state index contributed by atoms with van der Waals surface area (Å²) in [5, 5.41) is 41.8. The van der Waals surface area contributed by atoms with E-state index in [0.717, 1.165) is 134 Å². The van der Waals surface area contributed by atoms with Crippen LogP contribution in [0.2, 0.25) is 0 Å². The molecule has 12 aliphatic rings. The zero-order chi connectivity index (χ0) is 69.6. The molecule has 0 heterocycles. The van der Waals surface area contributed by atoms with Crippen molar-refractivity contribution < 1.29 is 123 Å². The summed E-state index contributed by atoms with van der Waals surface area (Å²) in [5.74, 6) is 13.9. The molecule has 24 heteroatoms. The summed E-state index contributed by atoms with van der Waals surface area (Å²) >= 11 is -3.30. The van der Waals surface area contributed by atoms with Crippen LogP contribution in [0.25, 0.3) is 0 Å². The molecule has 0 atom stereocenters. The van der Waals surface area contributed by atoms with E-state index in [0.29, 0.717) is 34.8 Å². The normalized spacial score (nSPS) is 27.8. The van der Waals surface area contributed by atoms with Crippen molar-refractivity contribution in [3.63, 3.8) is 0 Å². The molecule has 16 rings (SSSR count). The van der Waals surface area contributed by atoms with Gasteiger partial charge in [0.2, 0.25) is 0 Å². The molecule has 4 N–H and O–H groups in total. The fourth-order valence-corrected chi connectivity index (χ4v) is 18.4. The molecule has 12 bridgehead atoms. The van der Waals surface area contributed by atoms with Gasteiger partial charge in [-0.05, 0) is 265 Å². The summed E-state index contributed by atoms with van der Waals surface area (Å²) in [6.45, 7) is 8.96. The summed E-state index contributed by atoms with van der Waals surface area (Å²) in [6, 6.07) is 15.7. The third-order valence-electron chi connectivity index (χ3n) is 21.2. The number of halogens is 8. The van der Waals surface area contributed by atoms with Crippen LogP contribution in [0, 0.1) is 78.9 Å². The maximum atomic E-state index is 11.1. The average Bonchev–Trinajstić information content (AvgIpc) is 0.738. The SMILES string of the molecule is CN=Cc1cc(OC)cc(C)c1O.CN=Cc1cc(OC)cc(C23CC4CC(CC(C4)C2)C3)c1O.COc1cc(C)c(O)c(C=NC2C3CC4CC(C3)CC2C4)c1.COc1cc(C=NCCC(C)C)c(O)c(C23CC4CC(CC(C4)C2)C3)c1.[Cl][Zr][Cl].[Cl][Zr][Cl].[Cl][Zr][Cl].[Cl][Zr][Cl]. The number of hydrogen-bond acceptors (Lipinski definition) is 12. The Morgan fingerprint density at radius 3 is 1.02 bits per heavy atom. The number of ether oxygens (including phenoxy) is 4. The summed E-state index contributed by atoms with van der Waals surface area (Å²) in [7, 11) is 49.5. The van der Waals surface area contributed by atoms with E-state index in [2.05, 4.69) is 41.0 Å². The predicted octanol–water partition coefficient (Wildman–Crippen LogP) is 20.5. The zero-order valence-electron chi connectivity index (χ0n) is 56.5. The van der Waals surface area contributed by atoms with Gasteiger partial charge in [-0.2, -0.15) is 0 Å². The number of nitrogens with zero attached hydrogens (tertiary/aromatic N) is 4. The molecule has 520 valence electrons. The van der Waals surface area contributed by atoms with Gasteiger partial charge in [0.1, 0.15) is 46.0 Å². The molecule has 4 aromatic rings. The predicted molar refractivity (Wildman–Crippen MR) is 382 cm³/mol. The number of benzene rings is 4. The third-order valence-corrected chi connectivity index (χ3v) is 21.2. The number of methoxy groups -OCH3 is 4. The molecule has 0 radical (unpaired) electrons. The monoisotopic (exact) mass is 1770 g/mol. The van der Waals surface area contributed by atoms with Gasteiger partial charge in [0.25, 0.3) is 0 Å². The van der Waals surface area contributed by atoms with Crippen LogP contribution in [0.1, 0.15) is 174 Å². The minimum atomic E-state index is -0.826. The Labute approximate surface area is 641 Å². The van der Waals surface area contributed by atoms with Gasteiger partial charge < -0.3 is 39.4 Å². The maximum absolute atomic E-state index is 11.1. The first-order valence-corrected chi connectivity index (χ1v) is 58.2. The van der Waals surface area contributed by atoms with E-state index < -0.39 is 83.4 Å². The van der Waals surface area contributed by atoms with E-state index in [9.17, 15) is 20.4 Å². The number of phenols is 4. The Morgan fingerprint density at radius 2 is 0.716 bits per heavy atom. The number of aryl methyl sites for hydroxylation is 2. The fraction of sp³-hybridized carbons (Fsp3) is 0.606. The molecule has 12 aliphatic carbocycles. The molecule has 4 aromatic carbocycles. The Hall–Kier alpha value is -0.188. The van der Waals surface area contributed by atoms with Gasteiger partial charge in [-0.15, -0.1) is 0 Å². The number of aliphatic imine (C=N–C) groups is 4. The van der Waals surface area contributed by atoms with Gasteiger partial charge >= 0.3 is 151 Å². The third kappa shape index (κ3) is 23.4. The average molecular weight is 1780 g/mol. The first-order valence-electron chi connectivity index (χ1n) is 32.9. The quantitative estimate of drug-likeness (QED) is 0.0905. The molecule has 0 amide bonds. The van der Waals surface area contributed by atoms with Crippen LogP contribution in [-0.4, -0.2) is 100 Å². The number of phenolic OH excluding ortho intramolecular Hbond substituents is 4. The van der Waals surface area contributed by atoms with Crippen LogP contribution >= 0.6 is 68.1 Å². The second kappa shape index (κ2) is 41.9. The van der Waals surface area contributed by atoms with Crippen LogP contribution in [0.5, 0.6) is 46.0 Å². The Kier molecular flexibility index (Phi) is 37.0. The van der Waals surface area contributed by atoms with E-state index in [1.54, 1.807) is 67.1 Å². The van der Waals surface area contributed by atoms with Crippen molar-refractivity contribution in [3.8, 4) is 46.0 Å². The van der Waals surface area contributed by atoms with Crippen molar-refractivity contribution in [3.05, 3.63) is 93.0 Å². The van der Waals surface area contributed by atoms with Gasteiger partial charge in [0.15, 0.2) is 0 Å². The van der Waals surface area contributed by atoms with Crippen molar-refractivity contribution in [2.75, 3.05) is 49.1 Å². The number of rotatable bonds is 14. The molecule has 0 unspecified atom stereocenters. The molecule has 95 heavy (non-hydrogen) atoms. The Bertz CT molecular complexity index is 3080. The van der Waals surface area contributed by atoms with Crippen molar-refractivity contribution in [2.24, 2.45) is 85.1 Å². The standard InChI is InChI=1S/C23H33NO2.2C19H25NO2.C10H13NO2.8ClH.4Zr/c1-15(2)4-5-24-14-19-9-20(26-3)10-21(22(19)25)23-11-16-6-17(12-23)8-18(7-16)13-23;1-20-11-15-6-16(22-2)7-17(18(15)21)19-8-12-3-13(9-19)5-14(4-12)10-19;1-11-3-17(22-2)9-16(19(11)21)10-20-18-14-5-12-4-13(7-14)8-15(18)6-12;1-7-4-9(13-3)5-8(6-11-2)10(7)12;;;;;;;;;;;;/h9-10,14-18,25H,4-8,11-13H2,1-3H3;6-7,11-14,21H,3-5,8-10H2,1-2H3;3,9-10,12-15,18,21H,4-8H2,1-2H3;4-6,12H,1-3H3;8*1H;;;;/q;;;;;;;;;;;;4*+2/p-8. The minimum absolute atomic E-state index is 0.161. The topological polar surface area (TPSA) is 167 Å². The summed E-state index contributed by atoms with van der Waals surface area (Å²) in [4.78, 5) is 17.4. The first kappa shape index (κ1) is 83.8. The van der Waals surface area contributed by atoms with Crippen LogP contribution in [0.3, 0.4) is 0 Å². The van der Waals surface area contributed by atoms with Crippen molar-refractivity contribution >= 4 is 93.0 Å². The molecule has 0 spiro atoms. The molecule has 12 fully saturated rings. The Balaban J connectivity index is 0.000000193. The molecular weight excluding hydrogens is 1690 g/mol. The second-order valence-corrected chi connectivity index (χ2v) is 42.8. The fourth-order valence-electron chi connectivity index (χ4n) is 18.4. The molecule has 0 saturated heterocycles. The molecular formula is C71H96Cl8N4O8Zr4. The van der Waals surface area contributed by atoms with Crippen LogP contribution in [0.15, 0.2) is 68.5 Å². The van der Waals surface area contributed by atoms with Crippen molar-refractivity contribution in [1.29, 1.82) is 0 Å². The summed E-state index contributed by atoms with van der Waals surface area (Å²) < 4.78 is 21.4. The summed E-state index contributed by atoms with van der Waals surface area (Å²) in [6.07, 6.45) is 31.0. The van der Waals surface area contributed by atoms with Crippen LogP contribution in [0.4, 0.5) is 0 Å².